The molecule has 0 aromatic carbocycles. The molecule has 2 amide bonds. The highest BCUT2D eigenvalue weighted by atomic mass is 16.2. The van der Waals surface area contributed by atoms with Gasteiger partial charge in [-0.1, -0.05) is 45.4 Å². The van der Waals surface area contributed by atoms with Crippen LogP contribution < -0.4 is 5.32 Å². The van der Waals surface area contributed by atoms with Crippen LogP contribution in [0.15, 0.2) is 0 Å². The van der Waals surface area contributed by atoms with Crippen molar-refractivity contribution < 1.29 is 9.59 Å². The van der Waals surface area contributed by atoms with Gasteiger partial charge in [0.2, 0.25) is 11.8 Å². The molecule has 1 unspecified atom stereocenters. The summed E-state index contributed by atoms with van der Waals surface area (Å²) in [4.78, 5) is 24.8. The summed E-state index contributed by atoms with van der Waals surface area (Å²) < 4.78 is 0. The number of unbranched alkanes of at least 4 members (excludes halogenated alkanes) is 6. The summed E-state index contributed by atoms with van der Waals surface area (Å²) in [6, 6.07) is -0.300. The van der Waals surface area contributed by atoms with Crippen molar-refractivity contribution in [2.45, 2.75) is 64.8 Å². The van der Waals surface area contributed by atoms with Crippen LogP contribution in [-0.4, -0.2) is 35.8 Å². The minimum atomic E-state index is -0.300. The highest BCUT2D eigenvalue weighted by Gasteiger charge is 2.29. The van der Waals surface area contributed by atoms with Gasteiger partial charge in [-0.15, -0.1) is 0 Å². The fourth-order valence-electron chi connectivity index (χ4n) is 2.33. The van der Waals surface area contributed by atoms with Crippen LogP contribution in [-0.2, 0) is 9.59 Å². The molecule has 0 saturated carbocycles. The number of carbonyl (C=O) groups is 2. The molecular formula is C14H26N2O2. The van der Waals surface area contributed by atoms with E-state index in [9.17, 15) is 9.59 Å². The van der Waals surface area contributed by atoms with Gasteiger partial charge in [-0.3, -0.25) is 9.59 Å². The summed E-state index contributed by atoms with van der Waals surface area (Å²) in [5.74, 6) is 0.0191. The number of carbonyl (C=O) groups excluding carboxylic acids is 2. The van der Waals surface area contributed by atoms with Crippen LogP contribution in [0.25, 0.3) is 0 Å². The van der Waals surface area contributed by atoms with Gasteiger partial charge in [-0.2, -0.15) is 0 Å². The highest BCUT2D eigenvalue weighted by Crippen LogP contribution is 2.10. The van der Waals surface area contributed by atoms with Gasteiger partial charge in [-0.25, -0.2) is 0 Å². The molecule has 1 fully saturated rings. The summed E-state index contributed by atoms with van der Waals surface area (Å²) in [6.07, 6.45) is 8.60. The number of piperazine rings is 1. The molecule has 1 heterocycles. The zero-order valence-electron chi connectivity index (χ0n) is 11.7. The molecule has 1 saturated heterocycles. The molecule has 0 spiro atoms. The summed E-state index contributed by atoms with van der Waals surface area (Å²) in [7, 11) is 0. The van der Waals surface area contributed by atoms with E-state index in [1.54, 1.807) is 11.8 Å². The maximum Gasteiger partial charge on any atom is 0.242 e. The van der Waals surface area contributed by atoms with Gasteiger partial charge in [0.25, 0.3) is 0 Å². The third-order valence-electron chi connectivity index (χ3n) is 3.58. The van der Waals surface area contributed by atoms with E-state index in [-0.39, 0.29) is 24.4 Å². The Morgan fingerprint density at radius 1 is 1.11 bits per heavy atom. The molecule has 0 aromatic heterocycles. The Labute approximate surface area is 110 Å². The van der Waals surface area contributed by atoms with Gasteiger partial charge in [0, 0.05) is 6.54 Å². The number of hydrogen-bond donors (Lipinski definition) is 1. The number of nitrogens with one attached hydrogen (secondary N) is 1. The fraction of sp³-hybridized carbons (Fsp3) is 0.857. The van der Waals surface area contributed by atoms with Crippen molar-refractivity contribution in [1.29, 1.82) is 0 Å². The van der Waals surface area contributed by atoms with Gasteiger partial charge in [0.1, 0.15) is 6.04 Å². The van der Waals surface area contributed by atoms with E-state index < -0.39 is 0 Å². The van der Waals surface area contributed by atoms with Crippen molar-refractivity contribution in [3.8, 4) is 0 Å². The molecule has 1 aliphatic heterocycles. The van der Waals surface area contributed by atoms with E-state index >= 15 is 0 Å². The van der Waals surface area contributed by atoms with Crippen LogP contribution in [0.3, 0.4) is 0 Å². The van der Waals surface area contributed by atoms with E-state index in [2.05, 4.69) is 12.2 Å². The third kappa shape index (κ3) is 4.67. The maximum absolute atomic E-state index is 11.7. The number of nitrogens with zero attached hydrogens (tertiary/aromatic N) is 1. The van der Waals surface area contributed by atoms with Crippen molar-refractivity contribution in [2.24, 2.45) is 0 Å². The molecule has 0 aromatic rings. The quantitative estimate of drug-likeness (QED) is 0.674. The molecular weight excluding hydrogens is 228 g/mol. The van der Waals surface area contributed by atoms with E-state index in [0.29, 0.717) is 0 Å². The first-order chi connectivity index (χ1) is 8.66. The lowest BCUT2D eigenvalue weighted by Crippen LogP contribution is -2.57. The molecule has 0 radical (unpaired) electrons. The van der Waals surface area contributed by atoms with Crippen molar-refractivity contribution in [3.63, 3.8) is 0 Å². The Balaban J connectivity index is 2.13. The molecule has 1 aliphatic rings. The van der Waals surface area contributed by atoms with Gasteiger partial charge >= 0.3 is 0 Å². The molecule has 1 rings (SSSR count). The van der Waals surface area contributed by atoms with Gasteiger partial charge in [-0.05, 0) is 13.3 Å². The fourth-order valence-corrected chi connectivity index (χ4v) is 2.33. The Morgan fingerprint density at radius 2 is 1.72 bits per heavy atom. The molecule has 0 aliphatic carbocycles. The zero-order chi connectivity index (χ0) is 13.4. The molecule has 4 nitrogen and oxygen atoms in total. The number of amides is 2. The number of rotatable bonds is 8. The first-order valence-corrected chi connectivity index (χ1v) is 7.24. The Hall–Kier alpha value is -1.06. The maximum atomic E-state index is 11.7. The van der Waals surface area contributed by atoms with Crippen LogP contribution in [0.5, 0.6) is 0 Å². The second-order valence-electron chi connectivity index (χ2n) is 5.10. The van der Waals surface area contributed by atoms with E-state index in [1.807, 2.05) is 0 Å². The molecule has 1 N–H and O–H groups in total. The van der Waals surface area contributed by atoms with Crippen molar-refractivity contribution in [3.05, 3.63) is 0 Å². The Kier molecular flexibility index (Phi) is 6.76. The normalized spacial score (nSPS) is 20.1. The summed E-state index contributed by atoms with van der Waals surface area (Å²) >= 11 is 0. The second kappa shape index (κ2) is 8.11. The van der Waals surface area contributed by atoms with E-state index in [0.717, 1.165) is 19.4 Å². The highest BCUT2D eigenvalue weighted by molar-refractivity contribution is 5.94. The van der Waals surface area contributed by atoms with Crippen LogP contribution in [0.2, 0.25) is 0 Å². The topological polar surface area (TPSA) is 49.4 Å². The second-order valence-corrected chi connectivity index (χ2v) is 5.10. The largest absolute Gasteiger partial charge is 0.345 e. The average Bonchev–Trinajstić information content (AvgIpc) is 2.36. The molecule has 4 heteroatoms. The monoisotopic (exact) mass is 254 g/mol. The van der Waals surface area contributed by atoms with Crippen LogP contribution in [0.1, 0.15) is 58.8 Å². The first kappa shape index (κ1) is 15.0. The van der Waals surface area contributed by atoms with Crippen LogP contribution in [0.4, 0.5) is 0 Å². The van der Waals surface area contributed by atoms with E-state index in [4.69, 9.17) is 0 Å². The SMILES string of the molecule is CCCCCCCCCN1C(=O)CNC(=O)C1C. The van der Waals surface area contributed by atoms with Gasteiger partial charge in [0.15, 0.2) is 0 Å². The predicted octanol–water partition coefficient (Wildman–Crippen LogP) is 2.08. The lowest BCUT2D eigenvalue weighted by Gasteiger charge is -2.32. The van der Waals surface area contributed by atoms with Crippen LogP contribution >= 0.6 is 0 Å². The zero-order valence-corrected chi connectivity index (χ0v) is 11.7. The van der Waals surface area contributed by atoms with Crippen LogP contribution in [0, 0.1) is 0 Å². The Bertz CT molecular complexity index is 279. The minimum absolute atomic E-state index is 0.0301. The predicted molar refractivity (Wildman–Crippen MR) is 72.2 cm³/mol. The van der Waals surface area contributed by atoms with Crippen molar-refractivity contribution in [2.75, 3.05) is 13.1 Å². The van der Waals surface area contributed by atoms with Crippen molar-refractivity contribution in [1.82, 2.24) is 10.2 Å². The minimum Gasteiger partial charge on any atom is -0.345 e. The Morgan fingerprint density at radius 3 is 2.39 bits per heavy atom. The lowest BCUT2D eigenvalue weighted by molar-refractivity contribution is -0.144. The summed E-state index contributed by atoms with van der Waals surface area (Å²) in [6.45, 7) is 4.91. The van der Waals surface area contributed by atoms with Crippen molar-refractivity contribution >= 4 is 11.8 Å². The van der Waals surface area contributed by atoms with Gasteiger partial charge < -0.3 is 10.2 Å². The lowest BCUT2D eigenvalue weighted by atomic mass is 10.1. The van der Waals surface area contributed by atoms with Gasteiger partial charge in [0.05, 0.1) is 6.54 Å². The molecule has 104 valence electrons. The molecule has 1 atom stereocenters. The third-order valence-corrected chi connectivity index (χ3v) is 3.58. The summed E-state index contributed by atoms with van der Waals surface area (Å²) in [5.41, 5.74) is 0. The first-order valence-electron chi connectivity index (χ1n) is 7.24. The van der Waals surface area contributed by atoms with E-state index in [1.165, 1.54) is 32.1 Å². The standard InChI is InChI=1S/C14H26N2O2/c1-3-4-5-6-7-8-9-10-16-12(2)14(18)15-11-13(16)17/h12H,3-11H2,1-2H3,(H,15,18). The summed E-state index contributed by atoms with van der Waals surface area (Å²) in [5, 5.41) is 2.61. The number of hydrogen-bond acceptors (Lipinski definition) is 2. The molecule has 18 heavy (non-hydrogen) atoms. The average molecular weight is 254 g/mol. The molecule has 0 bridgehead atoms. The smallest absolute Gasteiger partial charge is 0.242 e.